The van der Waals surface area contributed by atoms with Gasteiger partial charge in [0.1, 0.15) is 5.75 Å². The van der Waals surface area contributed by atoms with Crippen LogP contribution in [0.4, 0.5) is 11.4 Å². The van der Waals surface area contributed by atoms with E-state index in [1.807, 2.05) is 6.92 Å². The van der Waals surface area contributed by atoms with E-state index in [1.54, 1.807) is 49.4 Å². The molecule has 0 saturated heterocycles. The minimum atomic E-state index is -0.712. The van der Waals surface area contributed by atoms with Crippen molar-refractivity contribution in [2.75, 3.05) is 10.6 Å². The standard InChI is InChI=1S/C18H19ClN2O3/c1-11-10-14(8-9-15(11)19)24-12(2)18(23)21-17-7-5-4-6-16(17)20-13(3)22/h4-10,12H,1-3H3,(H,20,22)(H,21,23)/t12-/m0/s1. The summed E-state index contributed by atoms with van der Waals surface area (Å²) in [5.41, 5.74) is 1.92. The molecule has 0 fully saturated rings. The Labute approximate surface area is 146 Å². The van der Waals surface area contributed by atoms with Crippen LogP contribution >= 0.6 is 11.6 Å². The molecule has 0 aliphatic rings. The number of amides is 2. The monoisotopic (exact) mass is 346 g/mol. The third-order valence-electron chi connectivity index (χ3n) is 3.31. The summed E-state index contributed by atoms with van der Waals surface area (Å²) in [5.74, 6) is 0.0349. The van der Waals surface area contributed by atoms with Crippen molar-refractivity contribution in [3.63, 3.8) is 0 Å². The van der Waals surface area contributed by atoms with Gasteiger partial charge in [0.25, 0.3) is 5.91 Å². The van der Waals surface area contributed by atoms with Crippen LogP contribution in [0.5, 0.6) is 5.75 Å². The zero-order valence-corrected chi connectivity index (χ0v) is 14.5. The summed E-state index contributed by atoms with van der Waals surface area (Å²) in [5, 5.41) is 6.07. The molecular formula is C18H19ClN2O3. The summed E-state index contributed by atoms with van der Waals surface area (Å²) in [6.07, 6.45) is -0.712. The van der Waals surface area contributed by atoms with Gasteiger partial charge >= 0.3 is 0 Å². The third kappa shape index (κ3) is 4.73. The van der Waals surface area contributed by atoms with Crippen molar-refractivity contribution in [3.05, 3.63) is 53.1 Å². The number of nitrogens with one attached hydrogen (secondary N) is 2. The van der Waals surface area contributed by atoms with Gasteiger partial charge in [0.05, 0.1) is 11.4 Å². The van der Waals surface area contributed by atoms with E-state index >= 15 is 0 Å². The molecule has 0 aromatic heterocycles. The summed E-state index contributed by atoms with van der Waals surface area (Å²) in [4.78, 5) is 23.6. The van der Waals surface area contributed by atoms with Gasteiger partial charge < -0.3 is 15.4 Å². The number of carbonyl (C=O) groups excluding carboxylic acids is 2. The lowest BCUT2D eigenvalue weighted by Crippen LogP contribution is -2.30. The van der Waals surface area contributed by atoms with E-state index in [9.17, 15) is 9.59 Å². The minimum Gasteiger partial charge on any atom is -0.481 e. The van der Waals surface area contributed by atoms with Gasteiger partial charge in [-0.2, -0.15) is 0 Å². The zero-order chi connectivity index (χ0) is 17.7. The maximum Gasteiger partial charge on any atom is 0.265 e. The Morgan fingerprint density at radius 3 is 2.29 bits per heavy atom. The quantitative estimate of drug-likeness (QED) is 0.859. The molecule has 2 aromatic rings. The highest BCUT2D eigenvalue weighted by atomic mass is 35.5. The fourth-order valence-electron chi connectivity index (χ4n) is 2.07. The first-order valence-corrected chi connectivity index (χ1v) is 7.85. The summed E-state index contributed by atoms with van der Waals surface area (Å²) < 4.78 is 5.65. The van der Waals surface area contributed by atoms with E-state index < -0.39 is 6.10 Å². The highest BCUT2D eigenvalue weighted by molar-refractivity contribution is 6.31. The fourth-order valence-corrected chi connectivity index (χ4v) is 2.19. The first-order valence-electron chi connectivity index (χ1n) is 7.47. The molecule has 0 aliphatic heterocycles. The highest BCUT2D eigenvalue weighted by Gasteiger charge is 2.16. The van der Waals surface area contributed by atoms with Crippen molar-refractivity contribution >= 4 is 34.8 Å². The van der Waals surface area contributed by atoms with Crippen molar-refractivity contribution in [2.24, 2.45) is 0 Å². The van der Waals surface area contributed by atoms with Gasteiger partial charge in [0.15, 0.2) is 6.10 Å². The Morgan fingerprint density at radius 2 is 1.71 bits per heavy atom. The molecule has 6 heteroatoms. The number of carbonyl (C=O) groups is 2. The van der Waals surface area contributed by atoms with Crippen LogP contribution in [0.15, 0.2) is 42.5 Å². The second kappa shape index (κ2) is 7.84. The Morgan fingerprint density at radius 1 is 1.08 bits per heavy atom. The van der Waals surface area contributed by atoms with Crippen LogP contribution in [0.1, 0.15) is 19.4 Å². The number of anilines is 2. The van der Waals surface area contributed by atoms with Crippen molar-refractivity contribution in [2.45, 2.75) is 26.9 Å². The second-order valence-electron chi connectivity index (χ2n) is 5.39. The van der Waals surface area contributed by atoms with Gasteiger partial charge in [-0.15, -0.1) is 0 Å². The predicted molar refractivity (Wildman–Crippen MR) is 95.7 cm³/mol. The van der Waals surface area contributed by atoms with Gasteiger partial charge in [-0.25, -0.2) is 0 Å². The average Bonchev–Trinajstić information content (AvgIpc) is 2.52. The average molecular weight is 347 g/mol. The lowest BCUT2D eigenvalue weighted by atomic mass is 10.2. The minimum absolute atomic E-state index is 0.211. The molecule has 0 heterocycles. The van der Waals surface area contributed by atoms with Gasteiger partial charge in [-0.05, 0) is 49.7 Å². The van der Waals surface area contributed by atoms with Crippen LogP contribution in [0.25, 0.3) is 0 Å². The molecule has 1 atom stereocenters. The predicted octanol–water partition coefficient (Wildman–Crippen LogP) is 4.01. The Kier molecular flexibility index (Phi) is 5.82. The number of hydrogen-bond donors (Lipinski definition) is 2. The second-order valence-corrected chi connectivity index (χ2v) is 5.79. The number of ether oxygens (including phenoxy) is 1. The van der Waals surface area contributed by atoms with E-state index in [2.05, 4.69) is 10.6 Å². The molecule has 2 rings (SSSR count). The molecule has 0 bridgehead atoms. The zero-order valence-electron chi connectivity index (χ0n) is 13.7. The first-order chi connectivity index (χ1) is 11.4. The molecule has 0 spiro atoms. The Hall–Kier alpha value is -2.53. The van der Waals surface area contributed by atoms with E-state index in [0.29, 0.717) is 22.1 Å². The molecule has 2 aromatic carbocycles. The summed E-state index contributed by atoms with van der Waals surface area (Å²) in [6.45, 7) is 4.93. The number of aryl methyl sites for hydroxylation is 1. The van der Waals surface area contributed by atoms with E-state index in [0.717, 1.165) is 5.56 Å². The van der Waals surface area contributed by atoms with Gasteiger partial charge in [0.2, 0.25) is 5.91 Å². The molecule has 126 valence electrons. The lowest BCUT2D eigenvalue weighted by molar-refractivity contribution is -0.122. The summed E-state index contributed by atoms with van der Waals surface area (Å²) in [7, 11) is 0. The number of para-hydroxylation sites is 2. The maximum absolute atomic E-state index is 12.3. The smallest absolute Gasteiger partial charge is 0.265 e. The summed E-state index contributed by atoms with van der Waals surface area (Å²) >= 11 is 5.98. The fraction of sp³-hybridized carbons (Fsp3) is 0.222. The van der Waals surface area contributed by atoms with Crippen LogP contribution in [0.3, 0.4) is 0 Å². The Balaban J connectivity index is 2.06. The molecular weight excluding hydrogens is 328 g/mol. The van der Waals surface area contributed by atoms with E-state index in [-0.39, 0.29) is 11.8 Å². The number of rotatable bonds is 5. The van der Waals surface area contributed by atoms with Crippen molar-refractivity contribution in [1.29, 1.82) is 0 Å². The summed E-state index contributed by atoms with van der Waals surface area (Å²) in [6, 6.07) is 12.2. The van der Waals surface area contributed by atoms with Crippen molar-refractivity contribution < 1.29 is 14.3 Å². The lowest BCUT2D eigenvalue weighted by Gasteiger charge is -2.17. The van der Waals surface area contributed by atoms with E-state index in [1.165, 1.54) is 6.92 Å². The van der Waals surface area contributed by atoms with Crippen LogP contribution in [0.2, 0.25) is 5.02 Å². The third-order valence-corrected chi connectivity index (χ3v) is 3.73. The normalized spacial score (nSPS) is 11.5. The van der Waals surface area contributed by atoms with Crippen LogP contribution in [-0.4, -0.2) is 17.9 Å². The number of benzene rings is 2. The van der Waals surface area contributed by atoms with Crippen LogP contribution in [0, 0.1) is 6.92 Å². The van der Waals surface area contributed by atoms with Gasteiger partial charge in [-0.3, -0.25) is 9.59 Å². The molecule has 0 radical (unpaired) electrons. The van der Waals surface area contributed by atoms with E-state index in [4.69, 9.17) is 16.3 Å². The van der Waals surface area contributed by atoms with Crippen molar-refractivity contribution in [3.8, 4) is 5.75 Å². The Bertz CT molecular complexity index is 762. The molecule has 24 heavy (non-hydrogen) atoms. The number of hydrogen-bond acceptors (Lipinski definition) is 3. The van der Waals surface area contributed by atoms with Crippen LogP contribution < -0.4 is 15.4 Å². The van der Waals surface area contributed by atoms with Gasteiger partial charge in [0, 0.05) is 11.9 Å². The molecule has 0 unspecified atom stereocenters. The highest BCUT2D eigenvalue weighted by Crippen LogP contribution is 2.23. The number of halogens is 1. The molecule has 0 aliphatic carbocycles. The topological polar surface area (TPSA) is 67.4 Å². The van der Waals surface area contributed by atoms with Crippen LogP contribution in [-0.2, 0) is 9.59 Å². The van der Waals surface area contributed by atoms with Gasteiger partial charge in [-0.1, -0.05) is 23.7 Å². The SMILES string of the molecule is CC(=O)Nc1ccccc1NC(=O)[C@H](C)Oc1ccc(Cl)c(C)c1. The molecule has 5 nitrogen and oxygen atoms in total. The maximum atomic E-state index is 12.3. The largest absolute Gasteiger partial charge is 0.481 e. The van der Waals surface area contributed by atoms with Crippen molar-refractivity contribution in [1.82, 2.24) is 0 Å². The molecule has 0 saturated carbocycles. The molecule has 2 amide bonds. The molecule has 2 N–H and O–H groups in total. The first kappa shape index (κ1) is 17.8.